The van der Waals surface area contributed by atoms with Crippen LogP contribution in [0.1, 0.15) is 22.3 Å². The van der Waals surface area contributed by atoms with Gasteiger partial charge in [0.2, 0.25) is 11.8 Å². The normalized spacial score (nSPS) is 26.9. The van der Waals surface area contributed by atoms with Gasteiger partial charge in [-0.05, 0) is 37.3 Å². The third kappa shape index (κ3) is 2.89. The predicted molar refractivity (Wildman–Crippen MR) is 108 cm³/mol. The zero-order valence-corrected chi connectivity index (χ0v) is 16.1. The first kappa shape index (κ1) is 17.9. The van der Waals surface area contributed by atoms with E-state index in [0.29, 0.717) is 17.0 Å². The fraction of sp³-hybridized carbons (Fsp3) is 0.292. The molecule has 2 aromatic rings. The Morgan fingerprint density at radius 3 is 2.31 bits per heavy atom. The van der Waals surface area contributed by atoms with Gasteiger partial charge < -0.3 is 4.74 Å². The average molecular weight is 387 g/mol. The zero-order valence-electron chi connectivity index (χ0n) is 16.1. The lowest BCUT2D eigenvalue weighted by molar-refractivity contribution is -0.123. The van der Waals surface area contributed by atoms with Crippen LogP contribution in [0, 0.1) is 30.6 Å². The van der Waals surface area contributed by atoms with Gasteiger partial charge in [0.05, 0.1) is 17.5 Å². The van der Waals surface area contributed by atoms with Gasteiger partial charge in [0.1, 0.15) is 5.75 Å². The molecule has 29 heavy (non-hydrogen) atoms. The van der Waals surface area contributed by atoms with Crippen LogP contribution in [-0.2, 0) is 9.59 Å². The van der Waals surface area contributed by atoms with Crippen LogP contribution in [0.25, 0.3) is 0 Å². The molecular weight excluding hydrogens is 366 g/mol. The predicted octanol–water partition coefficient (Wildman–Crippen LogP) is 3.57. The topological polar surface area (TPSA) is 63.7 Å². The maximum Gasteiger partial charge on any atom is 0.238 e. The third-order valence-electron chi connectivity index (χ3n) is 6.29. The molecule has 2 fully saturated rings. The molecule has 3 aliphatic rings. The van der Waals surface area contributed by atoms with E-state index < -0.39 is 0 Å². The van der Waals surface area contributed by atoms with E-state index in [4.69, 9.17) is 4.74 Å². The number of hydrogen-bond donors (Lipinski definition) is 0. The molecule has 2 aromatic carbocycles. The van der Waals surface area contributed by atoms with Crippen molar-refractivity contribution in [2.75, 3.05) is 11.5 Å². The second kappa shape index (κ2) is 6.69. The van der Waals surface area contributed by atoms with Gasteiger partial charge in [0, 0.05) is 11.6 Å². The maximum atomic E-state index is 13.0. The molecule has 1 heterocycles. The number of anilines is 1. The largest absolute Gasteiger partial charge is 0.485 e. The van der Waals surface area contributed by atoms with Gasteiger partial charge in [0.25, 0.3) is 0 Å². The number of hydrogen-bond acceptors (Lipinski definition) is 4. The SMILES string of the molecule is Cc1ccc(C(=O)COc2cccc(N3C(=O)C4C5C=CC(C5)C4C3=O)c2)cc1. The Hall–Kier alpha value is -3.21. The number of carbonyl (C=O) groups excluding carboxylic acids is 3. The number of Topliss-reactive ketones (excluding diaryl/α,β-unsaturated/α-hetero) is 1. The van der Waals surface area contributed by atoms with Gasteiger partial charge in [-0.1, -0.05) is 48.0 Å². The third-order valence-corrected chi connectivity index (χ3v) is 6.29. The number of fused-ring (bicyclic) bond motifs is 5. The summed E-state index contributed by atoms with van der Waals surface area (Å²) in [5.41, 5.74) is 2.19. The van der Waals surface area contributed by atoms with Crippen molar-refractivity contribution in [3.05, 3.63) is 71.8 Å². The molecule has 1 saturated heterocycles. The Balaban J connectivity index is 1.31. The Bertz CT molecular complexity index is 1010. The highest BCUT2D eigenvalue weighted by atomic mass is 16.5. The first-order chi connectivity index (χ1) is 14.0. The molecule has 2 amide bonds. The second-order valence-electron chi connectivity index (χ2n) is 8.09. The molecule has 4 unspecified atom stereocenters. The minimum absolute atomic E-state index is 0.103. The van der Waals surface area contributed by atoms with Crippen LogP contribution in [0.2, 0.25) is 0 Å². The van der Waals surface area contributed by atoms with Crippen molar-refractivity contribution in [3.8, 4) is 5.75 Å². The van der Waals surface area contributed by atoms with Crippen LogP contribution >= 0.6 is 0 Å². The summed E-state index contributed by atoms with van der Waals surface area (Å²) in [5.74, 6) is -0.0107. The Kier molecular flexibility index (Phi) is 4.12. The zero-order chi connectivity index (χ0) is 20.1. The maximum absolute atomic E-state index is 13.0. The van der Waals surface area contributed by atoms with Crippen molar-refractivity contribution >= 4 is 23.3 Å². The van der Waals surface area contributed by atoms with Crippen molar-refractivity contribution in [3.63, 3.8) is 0 Å². The van der Waals surface area contributed by atoms with E-state index in [1.807, 2.05) is 19.1 Å². The lowest BCUT2D eigenvalue weighted by Gasteiger charge is -2.18. The summed E-state index contributed by atoms with van der Waals surface area (Å²) < 4.78 is 5.66. The van der Waals surface area contributed by atoms with Crippen LogP contribution in [-0.4, -0.2) is 24.2 Å². The van der Waals surface area contributed by atoms with E-state index in [2.05, 4.69) is 12.2 Å². The molecule has 0 spiro atoms. The average Bonchev–Trinajstić information content (AvgIpc) is 3.41. The van der Waals surface area contributed by atoms with Crippen LogP contribution < -0.4 is 9.64 Å². The minimum atomic E-state index is -0.231. The standard InChI is InChI=1S/C24H21NO4/c1-14-5-7-15(8-6-14)20(26)13-29-19-4-2-3-18(12-19)25-23(27)21-16-9-10-17(11-16)22(21)24(25)28/h2-10,12,16-17,21-22H,11,13H2,1H3. The summed E-state index contributed by atoms with van der Waals surface area (Å²) in [6.07, 6.45) is 5.07. The van der Waals surface area contributed by atoms with Gasteiger partial charge in [-0.15, -0.1) is 0 Å². The Morgan fingerprint density at radius 2 is 1.66 bits per heavy atom. The lowest BCUT2D eigenvalue weighted by atomic mass is 9.85. The van der Waals surface area contributed by atoms with Crippen molar-refractivity contribution in [1.29, 1.82) is 0 Å². The van der Waals surface area contributed by atoms with Crippen LogP contribution in [0.15, 0.2) is 60.7 Å². The molecule has 5 nitrogen and oxygen atoms in total. The summed E-state index contributed by atoms with van der Waals surface area (Å²) >= 11 is 0. The Morgan fingerprint density at radius 1 is 1.00 bits per heavy atom. The molecule has 0 radical (unpaired) electrons. The first-order valence-corrected chi connectivity index (χ1v) is 9.92. The molecule has 146 valence electrons. The van der Waals surface area contributed by atoms with Crippen molar-refractivity contribution in [2.24, 2.45) is 23.7 Å². The highest BCUT2D eigenvalue weighted by molar-refractivity contribution is 6.22. The minimum Gasteiger partial charge on any atom is -0.485 e. The number of ketones is 1. The fourth-order valence-electron chi connectivity index (χ4n) is 4.84. The molecule has 0 aromatic heterocycles. The number of benzene rings is 2. The molecule has 5 heteroatoms. The summed E-state index contributed by atoms with van der Waals surface area (Å²) in [5, 5.41) is 0. The molecule has 1 saturated carbocycles. The van der Waals surface area contributed by atoms with E-state index in [-0.39, 0.29) is 47.9 Å². The number of aryl methyl sites for hydroxylation is 1. The van der Waals surface area contributed by atoms with Crippen molar-refractivity contribution in [1.82, 2.24) is 0 Å². The molecule has 2 aliphatic carbocycles. The molecule has 0 N–H and O–H groups in total. The molecule has 2 bridgehead atoms. The number of carbonyl (C=O) groups is 3. The fourth-order valence-corrected chi connectivity index (χ4v) is 4.84. The monoisotopic (exact) mass is 387 g/mol. The van der Waals surface area contributed by atoms with E-state index in [9.17, 15) is 14.4 Å². The molecular formula is C24H21NO4. The Labute approximate surface area is 169 Å². The van der Waals surface area contributed by atoms with Gasteiger partial charge in [0.15, 0.2) is 12.4 Å². The van der Waals surface area contributed by atoms with Gasteiger partial charge >= 0.3 is 0 Å². The summed E-state index contributed by atoms with van der Waals surface area (Å²) in [4.78, 5) is 39.5. The number of rotatable bonds is 5. The number of imide groups is 1. The highest BCUT2D eigenvalue weighted by Gasteiger charge is 2.59. The second-order valence-corrected chi connectivity index (χ2v) is 8.09. The van der Waals surface area contributed by atoms with E-state index >= 15 is 0 Å². The first-order valence-electron chi connectivity index (χ1n) is 9.92. The summed E-state index contributed by atoms with van der Waals surface area (Å²) in [7, 11) is 0. The van der Waals surface area contributed by atoms with Gasteiger partial charge in [-0.25, -0.2) is 4.90 Å². The van der Waals surface area contributed by atoms with Crippen LogP contribution in [0.5, 0.6) is 5.75 Å². The van der Waals surface area contributed by atoms with Crippen LogP contribution in [0.3, 0.4) is 0 Å². The van der Waals surface area contributed by atoms with Crippen LogP contribution in [0.4, 0.5) is 5.69 Å². The van der Waals surface area contributed by atoms with Gasteiger partial charge in [-0.3, -0.25) is 14.4 Å². The van der Waals surface area contributed by atoms with E-state index in [1.165, 1.54) is 4.90 Å². The number of ether oxygens (including phenoxy) is 1. The lowest BCUT2D eigenvalue weighted by Crippen LogP contribution is -2.32. The molecule has 4 atom stereocenters. The number of amides is 2. The summed E-state index contributed by atoms with van der Waals surface area (Å²) in [6, 6.07) is 14.2. The highest BCUT2D eigenvalue weighted by Crippen LogP contribution is 2.53. The number of allylic oxidation sites excluding steroid dienone is 2. The quantitative estimate of drug-likeness (QED) is 0.447. The molecule has 1 aliphatic heterocycles. The van der Waals surface area contributed by atoms with E-state index in [1.54, 1.807) is 36.4 Å². The smallest absolute Gasteiger partial charge is 0.238 e. The van der Waals surface area contributed by atoms with Gasteiger partial charge in [-0.2, -0.15) is 0 Å². The number of nitrogens with zero attached hydrogens (tertiary/aromatic N) is 1. The molecule has 5 rings (SSSR count). The van der Waals surface area contributed by atoms with Crippen molar-refractivity contribution < 1.29 is 19.1 Å². The van der Waals surface area contributed by atoms with Crippen molar-refractivity contribution in [2.45, 2.75) is 13.3 Å². The van der Waals surface area contributed by atoms with E-state index in [0.717, 1.165) is 12.0 Å². The summed E-state index contributed by atoms with van der Waals surface area (Å²) in [6.45, 7) is 1.86.